The Hall–Kier alpha value is -0.790. The van der Waals surface area contributed by atoms with E-state index in [-0.39, 0.29) is 16.1 Å². The van der Waals surface area contributed by atoms with Crippen molar-refractivity contribution >= 4 is 31.6 Å². The maximum atomic E-state index is 12.5. The molecule has 0 bridgehead atoms. The van der Waals surface area contributed by atoms with E-state index < -0.39 is 10.0 Å². The standard InChI is InChI=1S/C14H23BrN2O3S/c1-9(2)14(3,4)8-17-21(18,19)13-7-11(16)10(15)6-12(13)20-5/h6-7,9,17H,8,16H2,1-5H3. The number of anilines is 1. The van der Waals surface area contributed by atoms with E-state index in [4.69, 9.17) is 10.5 Å². The molecule has 0 aliphatic carbocycles. The van der Waals surface area contributed by atoms with E-state index in [0.29, 0.717) is 22.6 Å². The van der Waals surface area contributed by atoms with Crippen LogP contribution in [-0.4, -0.2) is 22.1 Å². The van der Waals surface area contributed by atoms with Gasteiger partial charge in [-0.05, 0) is 39.4 Å². The second-order valence-electron chi connectivity index (χ2n) is 5.99. The highest BCUT2D eigenvalue weighted by Crippen LogP contribution is 2.33. The summed E-state index contributed by atoms with van der Waals surface area (Å²) < 4.78 is 33.3. The number of nitrogens with one attached hydrogen (secondary N) is 1. The van der Waals surface area contributed by atoms with E-state index in [0.717, 1.165) is 0 Å². The molecule has 120 valence electrons. The summed E-state index contributed by atoms with van der Waals surface area (Å²) >= 11 is 3.26. The quantitative estimate of drug-likeness (QED) is 0.745. The predicted octanol–water partition coefficient (Wildman–Crippen LogP) is 3.00. The normalized spacial score (nSPS) is 12.7. The molecule has 0 aromatic heterocycles. The lowest BCUT2D eigenvalue weighted by atomic mass is 9.81. The fraction of sp³-hybridized carbons (Fsp3) is 0.571. The van der Waals surface area contributed by atoms with Crippen molar-refractivity contribution < 1.29 is 13.2 Å². The molecule has 0 heterocycles. The molecule has 7 heteroatoms. The third kappa shape index (κ3) is 4.34. The Morgan fingerprint density at radius 2 is 1.95 bits per heavy atom. The molecule has 0 aliphatic rings. The van der Waals surface area contributed by atoms with Crippen LogP contribution < -0.4 is 15.2 Å². The van der Waals surface area contributed by atoms with Crippen LogP contribution in [0.4, 0.5) is 5.69 Å². The second-order valence-corrected chi connectivity index (χ2v) is 8.58. The number of halogens is 1. The van der Waals surface area contributed by atoms with E-state index in [1.807, 2.05) is 13.8 Å². The lowest BCUT2D eigenvalue weighted by molar-refractivity contribution is 0.252. The molecule has 1 aromatic rings. The van der Waals surface area contributed by atoms with Crippen molar-refractivity contribution in [2.75, 3.05) is 19.4 Å². The molecule has 0 amide bonds. The predicted molar refractivity (Wildman–Crippen MR) is 88.9 cm³/mol. The molecule has 0 atom stereocenters. The lowest BCUT2D eigenvalue weighted by Crippen LogP contribution is -2.37. The minimum Gasteiger partial charge on any atom is -0.495 e. The number of hydrogen-bond acceptors (Lipinski definition) is 4. The van der Waals surface area contributed by atoms with Gasteiger partial charge in [0.25, 0.3) is 0 Å². The van der Waals surface area contributed by atoms with E-state index >= 15 is 0 Å². The van der Waals surface area contributed by atoms with Crippen LogP contribution in [0.3, 0.4) is 0 Å². The Morgan fingerprint density at radius 1 is 1.38 bits per heavy atom. The number of hydrogen-bond donors (Lipinski definition) is 2. The molecule has 3 N–H and O–H groups in total. The van der Waals surface area contributed by atoms with Gasteiger partial charge in [-0.3, -0.25) is 0 Å². The number of nitrogens with two attached hydrogens (primary N) is 1. The Bertz CT molecular complexity index is 613. The maximum absolute atomic E-state index is 12.5. The number of ether oxygens (including phenoxy) is 1. The summed E-state index contributed by atoms with van der Waals surface area (Å²) in [4.78, 5) is 0.0465. The number of nitrogen functional groups attached to an aromatic ring is 1. The Balaban J connectivity index is 3.12. The third-order valence-electron chi connectivity index (χ3n) is 3.85. The van der Waals surface area contributed by atoms with Crippen LogP contribution in [0.15, 0.2) is 21.5 Å². The van der Waals surface area contributed by atoms with Crippen LogP contribution in [-0.2, 0) is 10.0 Å². The minimum atomic E-state index is -3.68. The van der Waals surface area contributed by atoms with Crippen LogP contribution in [0.1, 0.15) is 27.7 Å². The van der Waals surface area contributed by atoms with E-state index in [9.17, 15) is 8.42 Å². The zero-order chi connectivity index (χ0) is 16.4. The molecule has 5 nitrogen and oxygen atoms in total. The highest BCUT2D eigenvalue weighted by atomic mass is 79.9. The summed E-state index contributed by atoms with van der Waals surface area (Å²) in [5, 5.41) is 0. The van der Waals surface area contributed by atoms with Gasteiger partial charge in [0.05, 0.1) is 7.11 Å². The summed E-state index contributed by atoms with van der Waals surface area (Å²) in [7, 11) is -2.26. The Morgan fingerprint density at radius 3 is 2.43 bits per heavy atom. The summed E-state index contributed by atoms with van der Waals surface area (Å²) in [6, 6.07) is 2.95. The van der Waals surface area contributed by atoms with Gasteiger partial charge in [0.2, 0.25) is 10.0 Å². The highest BCUT2D eigenvalue weighted by molar-refractivity contribution is 9.10. The van der Waals surface area contributed by atoms with E-state index in [1.165, 1.54) is 13.2 Å². The van der Waals surface area contributed by atoms with Crippen molar-refractivity contribution in [3.8, 4) is 5.75 Å². The Kier molecular flexibility index (Phi) is 5.69. The highest BCUT2D eigenvalue weighted by Gasteiger charge is 2.27. The smallest absolute Gasteiger partial charge is 0.244 e. The molecule has 0 fully saturated rings. The van der Waals surface area contributed by atoms with E-state index in [1.54, 1.807) is 6.07 Å². The topological polar surface area (TPSA) is 81.4 Å². The second kappa shape index (κ2) is 6.54. The summed E-state index contributed by atoms with van der Waals surface area (Å²) in [5.74, 6) is 0.600. The molecule has 0 radical (unpaired) electrons. The fourth-order valence-electron chi connectivity index (χ4n) is 1.48. The van der Waals surface area contributed by atoms with Crippen LogP contribution in [0.5, 0.6) is 5.75 Å². The molecular weight excluding hydrogens is 356 g/mol. The van der Waals surface area contributed by atoms with Gasteiger partial charge in [-0.1, -0.05) is 27.7 Å². The number of benzene rings is 1. The summed E-state index contributed by atoms with van der Waals surface area (Å²) in [6.07, 6.45) is 0. The first-order chi connectivity index (χ1) is 9.51. The minimum absolute atomic E-state index is 0.0465. The zero-order valence-electron chi connectivity index (χ0n) is 13.0. The van der Waals surface area contributed by atoms with Crippen molar-refractivity contribution in [2.45, 2.75) is 32.6 Å². The first-order valence-electron chi connectivity index (χ1n) is 6.64. The van der Waals surface area contributed by atoms with Gasteiger partial charge in [0.1, 0.15) is 10.6 Å². The number of sulfonamides is 1. The first-order valence-corrected chi connectivity index (χ1v) is 8.91. The van der Waals surface area contributed by atoms with Crippen LogP contribution in [0.2, 0.25) is 0 Å². The average Bonchev–Trinajstić information content (AvgIpc) is 2.39. The summed E-state index contributed by atoms with van der Waals surface area (Å²) in [6.45, 7) is 8.51. The van der Waals surface area contributed by atoms with Crippen molar-refractivity contribution in [1.29, 1.82) is 0 Å². The van der Waals surface area contributed by atoms with Crippen molar-refractivity contribution in [1.82, 2.24) is 4.72 Å². The largest absolute Gasteiger partial charge is 0.495 e. The van der Waals surface area contributed by atoms with Crippen molar-refractivity contribution in [3.63, 3.8) is 0 Å². The Labute approximate surface area is 135 Å². The van der Waals surface area contributed by atoms with Crippen LogP contribution in [0.25, 0.3) is 0 Å². The van der Waals surface area contributed by atoms with Crippen molar-refractivity contribution in [2.24, 2.45) is 11.3 Å². The van der Waals surface area contributed by atoms with E-state index in [2.05, 4.69) is 34.5 Å². The van der Waals surface area contributed by atoms with Gasteiger partial charge in [-0.2, -0.15) is 0 Å². The van der Waals surface area contributed by atoms with Gasteiger partial charge >= 0.3 is 0 Å². The summed E-state index contributed by atoms with van der Waals surface area (Å²) in [5.41, 5.74) is 5.97. The monoisotopic (exact) mass is 378 g/mol. The number of rotatable bonds is 6. The molecular formula is C14H23BrN2O3S. The lowest BCUT2D eigenvalue weighted by Gasteiger charge is -2.29. The molecule has 1 aromatic carbocycles. The van der Waals surface area contributed by atoms with Gasteiger partial charge < -0.3 is 10.5 Å². The fourth-order valence-corrected chi connectivity index (χ4v) is 3.21. The molecule has 1 rings (SSSR count). The first kappa shape index (κ1) is 18.3. The van der Waals surface area contributed by atoms with Gasteiger partial charge in [-0.15, -0.1) is 0 Å². The molecule has 0 spiro atoms. The van der Waals surface area contributed by atoms with Crippen molar-refractivity contribution in [3.05, 3.63) is 16.6 Å². The third-order valence-corrected chi connectivity index (χ3v) is 5.96. The van der Waals surface area contributed by atoms with Gasteiger partial charge in [0.15, 0.2) is 0 Å². The van der Waals surface area contributed by atoms with Gasteiger partial charge in [0, 0.05) is 16.7 Å². The van der Waals surface area contributed by atoms with Crippen LogP contribution in [0, 0.1) is 11.3 Å². The van der Waals surface area contributed by atoms with Crippen LogP contribution >= 0.6 is 15.9 Å². The molecule has 0 aliphatic heterocycles. The maximum Gasteiger partial charge on any atom is 0.244 e. The van der Waals surface area contributed by atoms with Gasteiger partial charge in [-0.25, -0.2) is 13.1 Å². The molecule has 0 unspecified atom stereocenters. The molecule has 0 saturated carbocycles. The average molecular weight is 379 g/mol. The number of methoxy groups -OCH3 is 1. The zero-order valence-corrected chi connectivity index (χ0v) is 15.4. The SMILES string of the molecule is COc1cc(Br)c(N)cc1S(=O)(=O)NCC(C)(C)C(C)C. The molecule has 0 saturated heterocycles. The molecule has 21 heavy (non-hydrogen) atoms.